The van der Waals surface area contributed by atoms with Crippen molar-refractivity contribution < 1.29 is 9.62 Å². The van der Waals surface area contributed by atoms with Crippen LogP contribution in [0.5, 0.6) is 0 Å². The standard InChI is InChI=1S/C18H11ClN2O2/c19-14-7-3-6-13-15(21-22)9-17(23-18(13)14)16-8-11-4-1-2-5-12(11)10-20-16/h1-10,22H. The van der Waals surface area contributed by atoms with E-state index in [4.69, 9.17) is 16.0 Å². The average molecular weight is 323 g/mol. The number of hydrogen-bond donors (Lipinski definition) is 1. The second kappa shape index (κ2) is 5.41. The smallest absolute Gasteiger partial charge is 0.155 e. The van der Waals surface area contributed by atoms with E-state index in [9.17, 15) is 5.21 Å². The molecule has 0 unspecified atom stereocenters. The lowest BCUT2D eigenvalue weighted by molar-refractivity contribution is 0.302. The quantitative estimate of drug-likeness (QED) is 0.412. The van der Waals surface area contributed by atoms with Crippen LogP contribution in [0.3, 0.4) is 0 Å². The maximum absolute atomic E-state index is 9.29. The molecule has 0 saturated carbocycles. The van der Waals surface area contributed by atoms with E-state index in [0.29, 0.717) is 32.8 Å². The van der Waals surface area contributed by atoms with E-state index in [0.717, 1.165) is 10.8 Å². The van der Waals surface area contributed by atoms with Crippen LogP contribution in [0.4, 0.5) is 0 Å². The number of nitrogens with zero attached hydrogens (tertiary/aromatic N) is 2. The second-order valence-electron chi connectivity index (χ2n) is 5.13. The Morgan fingerprint density at radius 1 is 1.00 bits per heavy atom. The van der Waals surface area contributed by atoms with Crippen LogP contribution in [0.2, 0.25) is 5.02 Å². The van der Waals surface area contributed by atoms with Gasteiger partial charge in [0, 0.05) is 23.0 Å². The lowest BCUT2D eigenvalue weighted by atomic mass is 10.1. The molecule has 0 radical (unpaired) electrons. The van der Waals surface area contributed by atoms with E-state index < -0.39 is 0 Å². The maximum Gasteiger partial charge on any atom is 0.155 e. The van der Waals surface area contributed by atoms with Crippen molar-refractivity contribution in [2.45, 2.75) is 0 Å². The molecule has 0 atom stereocenters. The third kappa shape index (κ3) is 2.33. The molecule has 2 aromatic heterocycles. The van der Waals surface area contributed by atoms with Crippen molar-refractivity contribution in [1.82, 2.24) is 4.98 Å². The molecular weight excluding hydrogens is 312 g/mol. The van der Waals surface area contributed by atoms with E-state index in [1.165, 1.54) is 0 Å². The first-order valence-electron chi connectivity index (χ1n) is 7.02. The number of pyridine rings is 1. The predicted octanol–water partition coefficient (Wildman–Crippen LogP) is 4.59. The van der Waals surface area contributed by atoms with Crippen LogP contribution in [0, 0.1) is 0 Å². The zero-order valence-corrected chi connectivity index (χ0v) is 12.7. The van der Waals surface area contributed by atoms with Gasteiger partial charge in [0.05, 0.1) is 5.02 Å². The summed E-state index contributed by atoms with van der Waals surface area (Å²) in [5.41, 5.74) is 1.12. The van der Waals surface area contributed by atoms with Gasteiger partial charge in [-0.1, -0.05) is 47.1 Å². The van der Waals surface area contributed by atoms with Gasteiger partial charge in [0.2, 0.25) is 0 Å². The average Bonchev–Trinajstić information content (AvgIpc) is 2.61. The minimum absolute atomic E-state index is 0.388. The molecule has 0 spiro atoms. The van der Waals surface area contributed by atoms with Gasteiger partial charge in [-0.3, -0.25) is 4.98 Å². The van der Waals surface area contributed by atoms with Crippen molar-refractivity contribution in [2.24, 2.45) is 5.16 Å². The fourth-order valence-corrected chi connectivity index (χ4v) is 2.80. The summed E-state index contributed by atoms with van der Waals surface area (Å²) < 4.78 is 5.90. The summed E-state index contributed by atoms with van der Waals surface area (Å²) in [6.07, 6.45) is 1.78. The molecule has 112 valence electrons. The Morgan fingerprint density at radius 2 is 1.83 bits per heavy atom. The fourth-order valence-electron chi connectivity index (χ4n) is 2.58. The zero-order valence-electron chi connectivity index (χ0n) is 11.9. The maximum atomic E-state index is 9.29. The topological polar surface area (TPSA) is 58.6 Å². The van der Waals surface area contributed by atoms with Crippen LogP contribution in [-0.2, 0) is 0 Å². The molecule has 0 bridgehead atoms. The number of hydrogen-bond acceptors (Lipinski definition) is 4. The first-order valence-corrected chi connectivity index (χ1v) is 7.40. The monoisotopic (exact) mass is 322 g/mol. The third-order valence-electron chi connectivity index (χ3n) is 3.71. The Kier molecular flexibility index (Phi) is 3.24. The number of halogens is 1. The molecule has 2 aromatic carbocycles. The van der Waals surface area contributed by atoms with Crippen molar-refractivity contribution >= 4 is 33.3 Å². The van der Waals surface area contributed by atoms with Gasteiger partial charge in [-0.15, -0.1) is 0 Å². The van der Waals surface area contributed by atoms with Crippen LogP contribution in [0.15, 0.2) is 70.4 Å². The minimum Gasteiger partial charge on any atom is -0.453 e. The first-order chi connectivity index (χ1) is 11.3. The molecule has 23 heavy (non-hydrogen) atoms. The largest absolute Gasteiger partial charge is 0.453 e. The van der Waals surface area contributed by atoms with Gasteiger partial charge in [-0.2, -0.15) is 0 Å². The molecule has 1 N–H and O–H groups in total. The van der Waals surface area contributed by atoms with E-state index in [-0.39, 0.29) is 0 Å². The predicted molar refractivity (Wildman–Crippen MR) is 89.3 cm³/mol. The van der Waals surface area contributed by atoms with Crippen molar-refractivity contribution in [2.75, 3.05) is 0 Å². The van der Waals surface area contributed by atoms with Crippen molar-refractivity contribution in [1.29, 1.82) is 0 Å². The lowest BCUT2D eigenvalue weighted by Crippen LogP contribution is -2.03. The molecule has 5 heteroatoms. The highest BCUT2D eigenvalue weighted by atomic mass is 35.5. The highest BCUT2D eigenvalue weighted by molar-refractivity contribution is 6.34. The van der Waals surface area contributed by atoms with Crippen molar-refractivity contribution in [3.05, 3.63) is 71.2 Å². The SMILES string of the molecule is ON=c1cc(-c2cc3ccccc3cn2)oc2c(Cl)cccc12. The Labute approximate surface area is 136 Å². The van der Waals surface area contributed by atoms with Crippen LogP contribution < -0.4 is 5.36 Å². The van der Waals surface area contributed by atoms with Gasteiger partial charge in [0.15, 0.2) is 11.3 Å². The van der Waals surface area contributed by atoms with Gasteiger partial charge >= 0.3 is 0 Å². The van der Waals surface area contributed by atoms with Crippen molar-refractivity contribution in [3.63, 3.8) is 0 Å². The summed E-state index contributed by atoms with van der Waals surface area (Å²) in [4.78, 5) is 4.43. The lowest BCUT2D eigenvalue weighted by Gasteiger charge is -2.06. The number of aromatic nitrogens is 1. The summed E-state index contributed by atoms with van der Waals surface area (Å²) in [7, 11) is 0. The van der Waals surface area contributed by atoms with Crippen LogP contribution in [0.25, 0.3) is 33.2 Å². The Balaban J connectivity index is 2.02. The van der Waals surface area contributed by atoms with E-state index in [1.807, 2.05) is 30.3 Å². The summed E-state index contributed by atoms with van der Waals surface area (Å²) in [5.74, 6) is 0.490. The highest BCUT2D eigenvalue weighted by Gasteiger charge is 2.10. The first kappa shape index (κ1) is 13.8. The molecule has 0 amide bonds. The second-order valence-corrected chi connectivity index (χ2v) is 5.54. The number of rotatable bonds is 1. The van der Waals surface area contributed by atoms with Gasteiger partial charge in [0.25, 0.3) is 0 Å². The summed E-state index contributed by atoms with van der Waals surface area (Å²) in [6.45, 7) is 0. The molecular formula is C18H11ClN2O2. The Bertz CT molecular complexity index is 1100. The normalized spacial score (nSPS) is 12.1. The van der Waals surface area contributed by atoms with Crippen LogP contribution in [0.1, 0.15) is 0 Å². The number of para-hydroxylation sites is 1. The summed E-state index contributed by atoms with van der Waals surface area (Å²) in [6, 6.07) is 16.8. The molecule has 0 saturated heterocycles. The Hall–Kier alpha value is -2.85. The number of benzene rings is 2. The van der Waals surface area contributed by atoms with E-state index in [2.05, 4.69) is 10.1 Å². The minimum atomic E-state index is 0.388. The van der Waals surface area contributed by atoms with E-state index in [1.54, 1.807) is 30.5 Å². The molecule has 0 aliphatic carbocycles. The van der Waals surface area contributed by atoms with Crippen LogP contribution in [-0.4, -0.2) is 10.2 Å². The molecule has 4 nitrogen and oxygen atoms in total. The van der Waals surface area contributed by atoms with E-state index >= 15 is 0 Å². The zero-order chi connectivity index (χ0) is 15.8. The third-order valence-corrected chi connectivity index (χ3v) is 4.01. The van der Waals surface area contributed by atoms with Gasteiger partial charge < -0.3 is 9.62 Å². The van der Waals surface area contributed by atoms with Crippen molar-refractivity contribution in [3.8, 4) is 11.5 Å². The highest BCUT2D eigenvalue weighted by Crippen LogP contribution is 2.27. The molecule has 4 aromatic rings. The van der Waals surface area contributed by atoms with Gasteiger partial charge in [-0.05, 0) is 23.6 Å². The molecule has 0 fully saturated rings. The molecule has 0 aliphatic rings. The Morgan fingerprint density at radius 3 is 2.65 bits per heavy atom. The van der Waals surface area contributed by atoms with Crippen LogP contribution >= 0.6 is 11.6 Å². The molecule has 0 aliphatic heterocycles. The van der Waals surface area contributed by atoms with Gasteiger partial charge in [0.1, 0.15) is 11.1 Å². The summed E-state index contributed by atoms with van der Waals surface area (Å²) in [5, 5.41) is 16.2. The molecule has 2 heterocycles. The fraction of sp³-hybridized carbons (Fsp3) is 0. The summed E-state index contributed by atoms with van der Waals surface area (Å²) >= 11 is 6.20. The number of fused-ring (bicyclic) bond motifs is 2. The molecule has 4 rings (SSSR count). The van der Waals surface area contributed by atoms with Gasteiger partial charge in [-0.25, -0.2) is 0 Å².